The molecule has 0 spiro atoms. The number of pyridine rings is 1. The van der Waals surface area contributed by atoms with E-state index in [0.29, 0.717) is 6.42 Å². The summed E-state index contributed by atoms with van der Waals surface area (Å²) >= 11 is 0. The number of allylic oxidation sites excluding steroid dienone is 2. The van der Waals surface area contributed by atoms with Crippen LogP contribution in [0.1, 0.15) is 25.7 Å². The zero-order valence-corrected chi connectivity index (χ0v) is 13.7. The number of nitrogens with one attached hydrogen (secondary N) is 1. The Balaban J connectivity index is 2.17. The molecule has 0 radical (unpaired) electrons. The first-order chi connectivity index (χ1) is 9.46. The van der Waals surface area contributed by atoms with Crippen LogP contribution in [0.4, 0.5) is 5.82 Å². The normalized spacial score (nSPS) is 16.4. The molecule has 0 saturated carbocycles. The van der Waals surface area contributed by atoms with Crippen molar-refractivity contribution in [2.75, 3.05) is 5.32 Å². The molecule has 1 heterocycles. The number of carbonyl (C=O) groups excluding carboxylic acids is 1. The standard InChI is InChI=1S/C16H24N2OSi/c1-20(2,3)12-10-13-7-6-8-14(19)16(13)18-15-9-4-5-11-17-15/h4-5,9,11H,6-8,10,12H2,1-3H3,(H,17,18). The van der Waals surface area contributed by atoms with Crippen molar-refractivity contribution in [3.05, 3.63) is 35.7 Å². The first-order valence-electron chi connectivity index (χ1n) is 7.39. The van der Waals surface area contributed by atoms with Crippen molar-refractivity contribution in [1.29, 1.82) is 0 Å². The summed E-state index contributed by atoms with van der Waals surface area (Å²) in [6, 6.07) is 6.97. The van der Waals surface area contributed by atoms with Crippen LogP contribution in [0.3, 0.4) is 0 Å². The Morgan fingerprint density at radius 2 is 2.05 bits per heavy atom. The number of rotatable bonds is 5. The van der Waals surface area contributed by atoms with Crippen LogP contribution < -0.4 is 5.32 Å². The number of Topliss-reactive ketones (excluding diaryl/α,β-unsaturated/α-hetero) is 1. The number of ketones is 1. The second kappa shape index (κ2) is 6.35. The Morgan fingerprint density at radius 1 is 1.25 bits per heavy atom. The molecule has 1 N–H and O–H groups in total. The molecule has 0 unspecified atom stereocenters. The summed E-state index contributed by atoms with van der Waals surface area (Å²) in [6.07, 6.45) is 5.50. The molecule has 2 rings (SSSR count). The Kier molecular flexibility index (Phi) is 4.76. The summed E-state index contributed by atoms with van der Waals surface area (Å²) < 4.78 is 0. The minimum Gasteiger partial charge on any atom is -0.337 e. The molecular weight excluding hydrogens is 264 g/mol. The highest BCUT2D eigenvalue weighted by atomic mass is 28.3. The van der Waals surface area contributed by atoms with Crippen LogP contribution in [0.2, 0.25) is 25.7 Å². The highest BCUT2D eigenvalue weighted by molar-refractivity contribution is 6.76. The fourth-order valence-electron chi connectivity index (χ4n) is 2.41. The molecule has 1 aliphatic carbocycles. The Bertz CT molecular complexity index is 503. The second-order valence-corrected chi connectivity index (χ2v) is 12.3. The van der Waals surface area contributed by atoms with Crippen molar-refractivity contribution >= 4 is 19.7 Å². The van der Waals surface area contributed by atoms with Gasteiger partial charge in [0.2, 0.25) is 0 Å². The zero-order chi connectivity index (χ0) is 14.6. The summed E-state index contributed by atoms with van der Waals surface area (Å²) in [5, 5.41) is 3.25. The number of aromatic nitrogens is 1. The monoisotopic (exact) mass is 288 g/mol. The van der Waals surface area contributed by atoms with Gasteiger partial charge < -0.3 is 5.32 Å². The van der Waals surface area contributed by atoms with Gasteiger partial charge in [-0.05, 0) is 37.0 Å². The van der Waals surface area contributed by atoms with Crippen molar-refractivity contribution in [2.45, 2.75) is 51.4 Å². The van der Waals surface area contributed by atoms with Crippen LogP contribution in [0.5, 0.6) is 0 Å². The third kappa shape index (κ3) is 4.30. The van der Waals surface area contributed by atoms with Gasteiger partial charge >= 0.3 is 0 Å². The average Bonchev–Trinajstić information content (AvgIpc) is 2.40. The van der Waals surface area contributed by atoms with Crippen molar-refractivity contribution in [2.24, 2.45) is 0 Å². The van der Waals surface area contributed by atoms with Gasteiger partial charge in [0.15, 0.2) is 5.78 Å². The molecule has 20 heavy (non-hydrogen) atoms. The maximum absolute atomic E-state index is 12.2. The summed E-state index contributed by atoms with van der Waals surface area (Å²) in [5.74, 6) is 1.01. The fraction of sp³-hybridized carbons (Fsp3) is 0.500. The minimum absolute atomic E-state index is 0.243. The molecule has 0 amide bonds. The van der Waals surface area contributed by atoms with Gasteiger partial charge in [0.05, 0.1) is 5.70 Å². The lowest BCUT2D eigenvalue weighted by Crippen LogP contribution is -2.22. The van der Waals surface area contributed by atoms with Crippen molar-refractivity contribution < 1.29 is 4.79 Å². The SMILES string of the molecule is C[Si](C)(C)CCC1=C(Nc2ccccn2)C(=O)CCC1. The number of hydrogen-bond acceptors (Lipinski definition) is 3. The second-order valence-electron chi connectivity index (χ2n) is 6.66. The van der Waals surface area contributed by atoms with Gasteiger partial charge in [0.25, 0.3) is 0 Å². The van der Waals surface area contributed by atoms with Crippen LogP contribution in [0.15, 0.2) is 35.7 Å². The van der Waals surface area contributed by atoms with Crippen molar-refractivity contribution in [3.8, 4) is 0 Å². The smallest absolute Gasteiger partial charge is 0.179 e. The number of nitrogens with zero attached hydrogens (tertiary/aromatic N) is 1. The Labute approximate surface area is 122 Å². The fourth-order valence-corrected chi connectivity index (χ4v) is 3.46. The lowest BCUT2D eigenvalue weighted by Gasteiger charge is -2.23. The van der Waals surface area contributed by atoms with Gasteiger partial charge in [-0.1, -0.05) is 31.8 Å². The Morgan fingerprint density at radius 3 is 2.70 bits per heavy atom. The molecule has 0 saturated heterocycles. The number of carbonyl (C=O) groups is 1. The lowest BCUT2D eigenvalue weighted by molar-refractivity contribution is -0.115. The third-order valence-electron chi connectivity index (χ3n) is 3.61. The lowest BCUT2D eigenvalue weighted by atomic mass is 9.93. The molecule has 0 bridgehead atoms. The molecule has 0 aliphatic heterocycles. The van der Waals surface area contributed by atoms with Gasteiger partial charge in [-0.25, -0.2) is 4.98 Å². The van der Waals surface area contributed by atoms with Crippen LogP contribution >= 0.6 is 0 Å². The van der Waals surface area contributed by atoms with Gasteiger partial charge in [0, 0.05) is 20.7 Å². The van der Waals surface area contributed by atoms with Crippen molar-refractivity contribution in [1.82, 2.24) is 4.98 Å². The summed E-state index contributed by atoms with van der Waals surface area (Å²) in [4.78, 5) is 16.5. The van der Waals surface area contributed by atoms with E-state index in [-0.39, 0.29) is 5.78 Å². The quantitative estimate of drug-likeness (QED) is 0.824. The van der Waals surface area contributed by atoms with E-state index in [1.807, 2.05) is 18.2 Å². The summed E-state index contributed by atoms with van der Waals surface area (Å²) in [6.45, 7) is 7.14. The highest BCUT2D eigenvalue weighted by Crippen LogP contribution is 2.28. The summed E-state index contributed by atoms with van der Waals surface area (Å²) in [7, 11) is -1.07. The maximum atomic E-state index is 12.2. The van der Waals surface area contributed by atoms with Crippen LogP contribution in [-0.4, -0.2) is 18.8 Å². The topological polar surface area (TPSA) is 42.0 Å². The molecule has 108 valence electrons. The molecule has 1 aromatic heterocycles. The molecule has 0 aromatic carbocycles. The molecule has 1 aliphatic rings. The van der Waals surface area contributed by atoms with E-state index < -0.39 is 8.07 Å². The first kappa shape index (κ1) is 15.0. The Hall–Kier alpha value is -1.42. The van der Waals surface area contributed by atoms with Gasteiger partial charge in [-0.15, -0.1) is 0 Å². The highest BCUT2D eigenvalue weighted by Gasteiger charge is 2.22. The third-order valence-corrected chi connectivity index (χ3v) is 5.36. The maximum Gasteiger partial charge on any atom is 0.179 e. The zero-order valence-electron chi connectivity index (χ0n) is 12.7. The molecular formula is C16H24N2OSi. The summed E-state index contributed by atoms with van der Waals surface area (Å²) in [5.41, 5.74) is 2.11. The van der Waals surface area contributed by atoms with E-state index in [2.05, 4.69) is 29.9 Å². The van der Waals surface area contributed by atoms with E-state index in [0.717, 1.165) is 30.8 Å². The number of anilines is 1. The van der Waals surface area contributed by atoms with E-state index in [9.17, 15) is 4.79 Å². The first-order valence-corrected chi connectivity index (χ1v) is 11.1. The van der Waals surface area contributed by atoms with Crippen LogP contribution in [0.25, 0.3) is 0 Å². The van der Waals surface area contributed by atoms with E-state index in [4.69, 9.17) is 0 Å². The molecule has 0 atom stereocenters. The molecule has 1 aromatic rings. The van der Waals surface area contributed by atoms with Crippen molar-refractivity contribution in [3.63, 3.8) is 0 Å². The molecule has 3 nitrogen and oxygen atoms in total. The van der Waals surface area contributed by atoms with E-state index in [1.54, 1.807) is 6.20 Å². The van der Waals surface area contributed by atoms with Crippen LogP contribution in [0, 0.1) is 0 Å². The van der Waals surface area contributed by atoms with E-state index in [1.165, 1.54) is 11.6 Å². The molecule has 4 heteroatoms. The predicted molar refractivity (Wildman–Crippen MR) is 86.5 cm³/mol. The molecule has 0 fully saturated rings. The average molecular weight is 288 g/mol. The van der Waals surface area contributed by atoms with Gasteiger partial charge in [-0.2, -0.15) is 0 Å². The van der Waals surface area contributed by atoms with Gasteiger partial charge in [0.1, 0.15) is 5.82 Å². The van der Waals surface area contributed by atoms with E-state index >= 15 is 0 Å². The minimum atomic E-state index is -1.07. The number of hydrogen-bond donors (Lipinski definition) is 1. The predicted octanol–water partition coefficient (Wildman–Crippen LogP) is 4.23. The largest absolute Gasteiger partial charge is 0.337 e. The van der Waals surface area contributed by atoms with Gasteiger partial charge in [-0.3, -0.25) is 4.79 Å². The van der Waals surface area contributed by atoms with Crippen LogP contribution in [-0.2, 0) is 4.79 Å².